The Morgan fingerprint density at radius 3 is 2.89 bits per heavy atom. The minimum atomic E-state index is -0.766. The molecule has 0 amide bonds. The Morgan fingerprint density at radius 1 is 1.43 bits per heavy atom. The van der Waals surface area contributed by atoms with Gasteiger partial charge in [-0.3, -0.25) is 9.78 Å². The van der Waals surface area contributed by atoms with Crippen LogP contribution in [-0.4, -0.2) is 20.6 Å². The number of rotatable bonds is 5. The molecule has 146 valence electrons. The van der Waals surface area contributed by atoms with Crippen LogP contribution >= 0.6 is 23.4 Å². The lowest BCUT2D eigenvalue weighted by Crippen LogP contribution is -2.04. The first kappa shape index (κ1) is 19.2. The molecule has 1 atom stereocenters. The van der Waals surface area contributed by atoms with Gasteiger partial charge in [0.05, 0.1) is 28.3 Å². The van der Waals surface area contributed by atoms with Gasteiger partial charge in [0.25, 0.3) is 0 Å². The first-order chi connectivity index (χ1) is 13.4. The van der Waals surface area contributed by atoms with Crippen molar-refractivity contribution in [3.8, 4) is 0 Å². The summed E-state index contributed by atoms with van der Waals surface area (Å²) in [7, 11) is 0. The van der Waals surface area contributed by atoms with Crippen LogP contribution in [-0.2, 0) is 11.3 Å². The van der Waals surface area contributed by atoms with Crippen LogP contribution in [0.4, 0.5) is 5.69 Å². The number of hydrogen-bond acceptors (Lipinski definition) is 4. The van der Waals surface area contributed by atoms with E-state index in [-0.39, 0.29) is 18.3 Å². The van der Waals surface area contributed by atoms with E-state index in [2.05, 4.69) is 23.4 Å². The summed E-state index contributed by atoms with van der Waals surface area (Å²) in [6.45, 7) is 5.09. The van der Waals surface area contributed by atoms with E-state index in [1.54, 1.807) is 17.8 Å². The van der Waals surface area contributed by atoms with Crippen molar-refractivity contribution in [3.05, 3.63) is 46.9 Å². The van der Waals surface area contributed by atoms with E-state index in [0.717, 1.165) is 45.0 Å². The average molecular weight is 416 g/mol. The number of nitrogen functional groups attached to an aromatic ring is 1. The third-order valence-corrected chi connectivity index (χ3v) is 6.69. The summed E-state index contributed by atoms with van der Waals surface area (Å²) in [5.74, 6) is -0.506. The summed E-state index contributed by atoms with van der Waals surface area (Å²) >= 11 is 7.71. The third kappa shape index (κ3) is 3.25. The lowest BCUT2D eigenvalue weighted by Gasteiger charge is -2.13. The zero-order valence-corrected chi connectivity index (χ0v) is 17.3. The predicted molar refractivity (Wildman–Crippen MR) is 113 cm³/mol. The molecule has 4 rings (SSSR count). The van der Waals surface area contributed by atoms with E-state index in [0.29, 0.717) is 10.7 Å². The highest BCUT2D eigenvalue weighted by molar-refractivity contribution is 7.99. The van der Waals surface area contributed by atoms with Crippen molar-refractivity contribution in [2.75, 3.05) is 5.73 Å². The normalized spacial score (nSPS) is 16.1. The van der Waals surface area contributed by atoms with Gasteiger partial charge in [0.1, 0.15) is 0 Å². The standard InChI is InChI=1S/C21H22ClN3O2S/c1-11(2)19-18-16(5-7-24-19)25-8-6-12(9-17(26)27)20(25)21(18)28-13-3-4-14(22)15(23)10-13/h3-5,7,10-12H,6,8-9,23H2,1-2H3,(H,26,27). The first-order valence-electron chi connectivity index (χ1n) is 9.32. The van der Waals surface area contributed by atoms with Gasteiger partial charge >= 0.3 is 5.97 Å². The minimum Gasteiger partial charge on any atom is -0.481 e. The second kappa shape index (κ2) is 7.33. The van der Waals surface area contributed by atoms with Crippen molar-refractivity contribution < 1.29 is 9.90 Å². The number of pyridine rings is 1. The van der Waals surface area contributed by atoms with Gasteiger partial charge < -0.3 is 15.4 Å². The van der Waals surface area contributed by atoms with E-state index < -0.39 is 5.97 Å². The van der Waals surface area contributed by atoms with Crippen molar-refractivity contribution in [2.45, 2.75) is 54.9 Å². The Kier molecular flexibility index (Phi) is 5.02. The zero-order valence-electron chi connectivity index (χ0n) is 15.8. The molecule has 1 unspecified atom stereocenters. The number of aliphatic carboxylic acids is 1. The lowest BCUT2D eigenvalue weighted by atomic mass is 9.99. The molecule has 0 saturated carbocycles. The molecule has 7 heteroatoms. The number of carbonyl (C=O) groups is 1. The number of halogens is 1. The topological polar surface area (TPSA) is 81.1 Å². The van der Waals surface area contributed by atoms with E-state index in [1.807, 2.05) is 24.4 Å². The summed E-state index contributed by atoms with van der Waals surface area (Å²) in [5.41, 5.74) is 9.82. The molecule has 1 aliphatic heterocycles. The number of hydrogen-bond donors (Lipinski definition) is 2. The quantitative estimate of drug-likeness (QED) is 0.537. The van der Waals surface area contributed by atoms with Crippen molar-refractivity contribution in [3.63, 3.8) is 0 Å². The van der Waals surface area contributed by atoms with Crippen LogP contribution in [0.15, 0.2) is 40.3 Å². The highest BCUT2D eigenvalue weighted by Gasteiger charge is 2.32. The third-order valence-electron chi connectivity index (χ3n) is 5.24. The number of nitrogens with zero attached hydrogens (tertiary/aromatic N) is 2. The Bertz CT molecular complexity index is 1080. The summed E-state index contributed by atoms with van der Waals surface area (Å²) in [4.78, 5) is 18.2. The molecule has 0 spiro atoms. The van der Waals surface area contributed by atoms with Crippen LogP contribution in [0.3, 0.4) is 0 Å². The predicted octanol–water partition coefficient (Wildman–Crippen LogP) is 5.51. The van der Waals surface area contributed by atoms with Gasteiger partial charge in [0, 0.05) is 39.5 Å². The molecular formula is C21H22ClN3O2S. The number of aromatic nitrogens is 2. The molecule has 3 heterocycles. The number of aryl methyl sites for hydroxylation is 1. The van der Waals surface area contributed by atoms with Gasteiger partial charge in [-0.2, -0.15) is 0 Å². The number of carboxylic acid groups (broad SMARTS) is 1. The smallest absolute Gasteiger partial charge is 0.304 e. The van der Waals surface area contributed by atoms with Crippen LogP contribution in [0.25, 0.3) is 10.9 Å². The zero-order chi connectivity index (χ0) is 20.0. The number of carboxylic acids is 1. The summed E-state index contributed by atoms with van der Waals surface area (Å²) in [6, 6.07) is 7.66. The van der Waals surface area contributed by atoms with Crippen LogP contribution in [0.5, 0.6) is 0 Å². The Balaban J connectivity index is 1.93. The van der Waals surface area contributed by atoms with E-state index in [1.165, 1.54) is 0 Å². The number of anilines is 1. The molecule has 0 aliphatic carbocycles. The fourth-order valence-corrected chi connectivity index (χ4v) is 5.40. The van der Waals surface area contributed by atoms with Crippen molar-refractivity contribution in [2.24, 2.45) is 0 Å². The Hall–Kier alpha value is -2.18. The molecular weight excluding hydrogens is 394 g/mol. The van der Waals surface area contributed by atoms with Gasteiger partial charge in [-0.1, -0.05) is 37.2 Å². The maximum atomic E-state index is 11.4. The number of fused-ring (bicyclic) bond motifs is 3. The molecule has 2 aromatic heterocycles. The highest BCUT2D eigenvalue weighted by Crippen LogP contribution is 2.48. The van der Waals surface area contributed by atoms with Crippen LogP contribution in [0.1, 0.15) is 49.9 Å². The number of nitrogens with two attached hydrogens (primary N) is 1. The molecule has 0 fully saturated rings. The molecule has 0 saturated heterocycles. The molecule has 3 aromatic rings. The largest absolute Gasteiger partial charge is 0.481 e. The average Bonchev–Trinajstić information content (AvgIpc) is 3.17. The maximum absolute atomic E-state index is 11.4. The summed E-state index contributed by atoms with van der Waals surface area (Å²) in [5, 5.41) is 11.1. The molecule has 5 nitrogen and oxygen atoms in total. The molecule has 28 heavy (non-hydrogen) atoms. The second-order valence-electron chi connectivity index (χ2n) is 7.48. The van der Waals surface area contributed by atoms with Crippen LogP contribution in [0.2, 0.25) is 5.02 Å². The molecule has 0 radical (unpaired) electrons. The van der Waals surface area contributed by atoms with Gasteiger partial charge in [-0.25, -0.2) is 0 Å². The van der Waals surface area contributed by atoms with Crippen molar-refractivity contribution in [1.82, 2.24) is 9.55 Å². The van der Waals surface area contributed by atoms with Crippen molar-refractivity contribution >= 4 is 45.9 Å². The molecule has 1 aliphatic rings. The monoisotopic (exact) mass is 415 g/mol. The Morgan fingerprint density at radius 2 is 2.21 bits per heavy atom. The van der Waals surface area contributed by atoms with Gasteiger partial charge in [0.2, 0.25) is 0 Å². The van der Waals surface area contributed by atoms with Gasteiger partial charge in [0.15, 0.2) is 0 Å². The van der Waals surface area contributed by atoms with E-state index in [4.69, 9.17) is 17.3 Å². The Labute approximate surface area is 172 Å². The number of benzene rings is 1. The molecule has 3 N–H and O–H groups in total. The SMILES string of the molecule is CC(C)c1nccc2c1c(Sc1ccc(Cl)c(N)c1)c1n2CCC1CC(=O)O. The second-order valence-corrected chi connectivity index (χ2v) is 8.97. The van der Waals surface area contributed by atoms with E-state index in [9.17, 15) is 9.90 Å². The first-order valence-corrected chi connectivity index (χ1v) is 10.5. The lowest BCUT2D eigenvalue weighted by molar-refractivity contribution is -0.137. The van der Waals surface area contributed by atoms with Gasteiger partial charge in [-0.15, -0.1) is 0 Å². The summed E-state index contributed by atoms with van der Waals surface area (Å²) < 4.78 is 2.28. The molecule has 0 bridgehead atoms. The fourth-order valence-electron chi connectivity index (χ4n) is 4.03. The van der Waals surface area contributed by atoms with E-state index >= 15 is 0 Å². The molecule has 1 aromatic carbocycles. The fraction of sp³-hybridized carbons (Fsp3) is 0.333. The van der Waals surface area contributed by atoms with Gasteiger partial charge in [-0.05, 0) is 36.6 Å². The maximum Gasteiger partial charge on any atom is 0.304 e. The van der Waals surface area contributed by atoms with Crippen LogP contribution in [0, 0.1) is 0 Å². The summed E-state index contributed by atoms with van der Waals surface area (Å²) in [6.07, 6.45) is 2.83. The highest BCUT2D eigenvalue weighted by atomic mass is 35.5. The van der Waals surface area contributed by atoms with Crippen molar-refractivity contribution in [1.29, 1.82) is 0 Å². The van der Waals surface area contributed by atoms with Crippen LogP contribution < -0.4 is 5.73 Å². The minimum absolute atomic E-state index is 0.00272.